The van der Waals surface area contributed by atoms with Crippen molar-refractivity contribution in [2.45, 2.75) is 25.3 Å². The highest BCUT2D eigenvalue weighted by molar-refractivity contribution is 9.10. The molecule has 1 aromatic heterocycles. The summed E-state index contributed by atoms with van der Waals surface area (Å²) in [5, 5.41) is 5.64. The zero-order valence-electron chi connectivity index (χ0n) is 8.71. The molecule has 3 N–H and O–H groups in total. The van der Waals surface area contributed by atoms with E-state index in [1.165, 1.54) is 22.2 Å². The van der Waals surface area contributed by atoms with Gasteiger partial charge >= 0.3 is 0 Å². The lowest BCUT2D eigenvalue weighted by Crippen LogP contribution is -2.41. The summed E-state index contributed by atoms with van der Waals surface area (Å²) in [6.45, 7) is 2.22. The first-order chi connectivity index (χ1) is 7.24. The van der Waals surface area contributed by atoms with Crippen LogP contribution >= 0.6 is 27.3 Å². The zero-order valence-corrected chi connectivity index (χ0v) is 11.1. The van der Waals surface area contributed by atoms with Gasteiger partial charge in [-0.1, -0.05) is 0 Å². The Balaban J connectivity index is 1.55. The Bertz CT molecular complexity index is 307. The quantitative estimate of drug-likeness (QED) is 0.817. The summed E-state index contributed by atoms with van der Waals surface area (Å²) in [5.74, 6) is 0.829. The van der Waals surface area contributed by atoms with Gasteiger partial charge in [-0.2, -0.15) is 0 Å². The molecule has 1 aliphatic rings. The zero-order chi connectivity index (χ0) is 10.7. The minimum Gasteiger partial charge on any atom is -0.328 e. The maximum absolute atomic E-state index is 5.74. The molecule has 0 spiro atoms. The fraction of sp³-hybridized carbons (Fsp3) is 0.636. The monoisotopic (exact) mass is 288 g/mol. The molecule has 15 heavy (non-hydrogen) atoms. The summed E-state index contributed by atoms with van der Waals surface area (Å²) in [7, 11) is 0. The fourth-order valence-electron chi connectivity index (χ4n) is 1.96. The molecule has 0 saturated heterocycles. The lowest BCUT2D eigenvalue weighted by Gasteiger charge is -2.32. The third-order valence-corrected chi connectivity index (χ3v) is 4.63. The van der Waals surface area contributed by atoms with Crippen molar-refractivity contribution in [3.05, 3.63) is 20.8 Å². The predicted molar refractivity (Wildman–Crippen MR) is 69.3 cm³/mol. The summed E-state index contributed by atoms with van der Waals surface area (Å²) >= 11 is 5.29. The van der Waals surface area contributed by atoms with E-state index in [0.29, 0.717) is 6.04 Å². The highest BCUT2D eigenvalue weighted by Gasteiger charge is 2.24. The second-order valence-corrected chi connectivity index (χ2v) is 6.19. The average Bonchev–Trinajstić information content (AvgIpc) is 2.55. The average molecular weight is 289 g/mol. The topological polar surface area (TPSA) is 38.0 Å². The standard InChI is InChI=1S/C11H17BrN2S/c12-9-5-11(15-7-9)1-2-14-6-8-3-10(13)4-8/h5,7-8,10,14H,1-4,6,13H2. The molecule has 0 aromatic carbocycles. The Morgan fingerprint density at radius 1 is 1.53 bits per heavy atom. The number of rotatable bonds is 5. The highest BCUT2D eigenvalue weighted by atomic mass is 79.9. The molecule has 2 nitrogen and oxygen atoms in total. The molecule has 84 valence electrons. The molecule has 1 fully saturated rings. The third-order valence-electron chi connectivity index (χ3n) is 2.88. The molecule has 0 radical (unpaired) electrons. The Morgan fingerprint density at radius 3 is 2.93 bits per heavy atom. The largest absolute Gasteiger partial charge is 0.328 e. The van der Waals surface area contributed by atoms with Crippen LogP contribution in [0.1, 0.15) is 17.7 Å². The molecule has 1 aliphatic carbocycles. The summed E-state index contributed by atoms with van der Waals surface area (Å²) in [6.07, 6.45) is 3.55. The molecule has 1 heterocycles. The number of thiophene rings is 1. The van der Waals surface area contributed by atoms with Gasteiger partial charge in [-0.3, -0.25) is 0 Å². The first kappa shape index (κ1) is 11.6. The van der Waals surface area contributed by atoms with Crippen LogP contribution in [0, 0.1) is 5.92 Å². The summed E-state index contributed by atoms with van der Waals surface area (Å²) < 4.78 is 1.20. The van der Waals surface area contributed by atoms with Crippen LogP contribution < -0.4 is 11.1 Å². The van der Waals surface area contributed by atoms with Crippen LogP contribution in [0.15, 0.2) is 15.9 Å². The van der Waals surface area contributed by atoms with Gasteiger partial charge in [0.25, 0.3) is 0 Å². The third kappa shape index (κ3) is 3.55. The second kappa shape index (κ2) is 5.43. The van der Waals surface area contributed by atoms with Crippen molar-refractivity contribution < 1.29 is 0 Å². The van der Waals surface area contributed by atoms with Crippen LogP contribution in [0.3, 0.4) is 0 Å². The van der Waals surface area contributed by atoms with E-state index in [-0.39, 0.29) is 0 Å². The van der Waals surface area contributed by atoms with Gasteiger partial charge in [0.15, 0.2) is 0 Å². The summed E-state index contributed by atoms with van der Waals surface area (Å²) in [5.41, 5.74) is 5.74. The number of hydrogen-bond acceptors (Lipinski definition) is 3. The van der Waals surface area contributed by atoms with E-state index < -0.39 is 0 Å². The Morgan fingerprint density at radius 2 is 2.33 bits per heavy atom. The van der Waals surface area contributed by atoms with Crippen molar-refractivity contribution >= 4 is 27.3 Å². The Kier molecular flexibility index (Phi) is 4.20. The minimum atomic E-state index is 0.477. The van der Waals surface area contributed by atoms with Crippen LogP contribution in [0.25, 0.3) is 0 Å². The van der Waals surface area contributed by atoms with Gasteiger partial charge in [0.2, 0.25) is 0 Å². The molecule has 2 rings (SSSR count). The van der Waals surface area contributed by atoms with Gasteiger partial charge in [-0.15, -0.1) is 11.3 Å². The summed E-state index contributed by atoms with van der Waals surface area (Å²) in [6, 6.07) is 2.68. The van der Waals surface area contributed by atoms with Gasteiger partial charge in [0, 0.05) is 20.8 Å². The SMILES string of the molecule is NC1CC(CNCCc2cc(Br)cs2)C1. The van der Waals surface area contributed by atoms with E-state index in [1.54, 1.807) is 0 Å². The number of halogens is 1. The Labute approximate surface area is 103 Å². The number of hydrogen-bond donors (Lipinski definition) is 2. The molecule has 0 atom stereocenters. The summed E-state index contributed by atoms with van der Waals surface area (Å²) in [4.78, 5) is 1.44. The van der Waals surface area contributed by atoms with E-state index in [4.69, 9.17) is 5.73 Å². The molecule has 1 saturated carbocycles. The van der Waals surface area contributed by atoms with Gasteiger partial charge in [0.1, 0.15) is 0 Å². The van der Waals surface area contributed by atoms with Crippen molar-refractivity contribution in [1.29, 1.82) is 0 Å². The molecular formula is C11H17BrN2S. The van der Waals surface area contributed by atoms with Gasteiger partial charge in [-0.05, 0) is 60.3 Å². The van der Waals surface area contributed by atoms with E-state index in [9.17, 15) is 0 Å². The first-order valence-electron chi connectivity index (χ1n) is 5.43. The van der Waals surface area contributed by atoms with Crippen LogP contribution in [0.2, 0.25) is 0 Å². The van der Waals surface area contributed by atoms with Crippen molar-refractivity contribution in [3.63, 3.8) is 0 Å². The van der Waals surface area contributed by atoms with E-state index in [0.717, 1.165) is 25.4 Å². The molecule has 0 unspecified atom stereocenters. The smallest absolute Gasteiger partial charge is 0.0285 e. The Hall–Kier alpha value is 0.1000. The van der Waals surface area contributed by atoms with E-state index in [2.05, 4.69) is 32.7 Å². The maximum atomic E-state index is 5.74. The molecule has 0 aliphatic heterocycles. The van der Waals surface area contributed by atoms with Crippen molar-refractivity contribution in [2.75, 3.05) is 13.1 Å². The second-order valence-electron chi connectivity index (χ2n) is 4.28. The lowest BCUT2D eigenvalue weighted by molar-refractivity contribution is 0.257. The molecule has 1 aromatic rings. The first-order valence-corrected chi connectivity index (χ1v) is 7.10. The number of nitrogens with one attached hydrogen (secondary N) is 1. The molecule has 4 heteroatoms. The van der Waals surface area contributed by atoms with Gasteiger partial charge < -0.3 is 11.1 Å². The molecular weight excluding hydrogens is 272 g/mol. The molecule has 0 amide bonds. The van der Waals surface area contributed by atoms with Crippen LogP contribution in [-0.4, -0.2) is 19.1 Å². The number of nitrogens with two attached hydrogens (primary N) is 1. The molecule has 0 bridgehead atoms. The highest BCUT2D eigenvalue weighted by Crippen LogP contribution is 2.24. The fourth-order valence-corrected chi connectivity index (χ4v) is 3.41. The van der Waals surface area contributed by atoms with Gasteiger partial charge in [0.05, 0.1) is 0 Å². The van der Waals surface area contributed by atoms with E-state index in [1.807, 2.05) is 11.3 Å². The van der Waals surface area contributed by atoms with Crippen molar-refractivity contribution in [1.82, 2.24) is 5.32 Å². The normalized spacial score (nSPS) is 25.2. The minimum absolute atomic E-state index is 0.477. The van der Waals surface area contributed by atoms with E-state index >= 15 is 0 Å². The lowest BCUT2D eigenvalue weighted by atomic mass is 9.81. The van der Waals surface area contributed by atoms with Crippen molar-refractivity contribution in [2.24, 2.45) is 11.7 Å². The van der Waals surface area contributed by atoms with Gasteiger partial charge in [-0.25, -0.2) is 0 Å². The van der Waals surface area contributed by atoms with Crippen molar-refractivity contribution in [3.8, 4) is 0 Å². The maximum Gasteiger partial charge on any atom is 0.0285 e. The van der Waals surface area contributed by atoms with Crippen LogP contribution in [0.4, 0.5) is 0 Å². The predicted octanol–water partition coefficient (Wildman–Crippen LogP) is 2.38. The van der Waals surface area contributed by atoms with Crippen LogP contribution in [0.5, 0.6) is 0 Å². The van der Waals surface area contributed by atoms with Crippen LogP contribution in [-0.2, 0) is 6.42 Å².